The van der Waals surface area contributed by atoms with Crippen molar-refractivity contribution in [2.45, 2.75) is 52.4 Å². The third kappa shape index (κ3) is 10.5. The van der Waals surface area contributed by atoms with Crippen molar-refractivity contribution in [1.29, 1.82) is 0 Å². The number of para-hydroxylation sites is 2. The molecule has 0 fully saturated rings. The molecule has 2 aliphatic heterocycles. The van der Waals surface area contributed by atoms with Gasteiger partial charge in [-0.05, 0) is 165 Å². The molecule has 2 heterocycles. The van der Waals surface area contributed by atoms with E-state index in [1.54, 1.807) is 0 Å². The molecular weight excluding hydrogens is 1100 g/mol. The van der Waals surface area contributed by atoms with Gasteiger partial charge in [-0.25, -0.2) is 0 Å². The van der Waals surface area contributed by atoms with Crippen LogP contribution in [0.1, 0.15) is 52.7 Å². The highest BCUT2D eigenvalue weighted by atomic mass is 15.2. The molecule has 0 radical (unpaired) electrons. The number of anilines is 8. The summed E-state index contributed by atoms with van der Waals surface area (Å²) in [5, 5.41) is 0. The lowest BCUT2D eigenvalue weighted by Crippen LogP contribution is -2.61. The fourth-order valence-corrected chi connectivity index (χ4v) is 14.0. The maximum absolute atomic E-state index is 2.55. The first kappa shape index (κ1) is 56.8. The van der Waals surface area contributed by atoms with Gasteiger partial charge in [0.1, 0.15) is 0 Å². The maximum Gasteiger partial charge on any atom is 0.252 e. The van der Waals surface area contributed by atoms with Gasteiger partial charge in [-0.15, -0.1) is 0 Å². The molecule has 4 heteroatoms. The molecule has 0 aromatic heterocycles. The van der Waals surface area contributed by atoms with Crippen LogP contribution in [-0.2, 0) is 10.8 Å². The number of hydrogen-bond acceptors (Lipinski definition) is 3. The molecule has 13 aromatic carbocycles. The van der Waals surface area contributed by atoms with E-state index >= 15 is 0 Å². The Morgan fingerprint density at radius 2 is 0.604 bits per heavy atom. The van der Waals surface area contributed by atoms with E-state index in [-0.39, 0.29) is 17.5 Å². The van der Waals surface area contributed by atoms with Crippen LogP contribution in [-0.4, -0.2) is 13.8 Å². The molecule has 0 saturated heterocycles. The van der Waals surface area contributed by atoms with Crippen molar-refractivity contribution < 1.29 is 0 Å². The molecule has 0 bridgehead atoms. The Labute approximate surface area is 537 Å². The van der Waals surface area contributed by atoms with E-state index in [2.05, 4.69) is 373 Å². The second-order valence-corrected chi connectivity index (χ2v) is 26.6. The highest BCUT2D eigenvalue weighted by Crippen LogP contribution is 2.49. The second kappa shape index (κ2) is 23.0. The SMILES string of the molecule is CN(c1cc2c3c(c1)N(c1ccccc1)c1ccc(-c4ccccc4-c4ccc(-c5ccccc5)cc4)cc1B3c1cc(-c3ccccc3-c3ccc(-c4ccccc4)cc3)ccc1N2c1ccccc1)c1cc(C(C)(C)C)ccc1-c1ccc(C(C)(C)C)cc1. The summed E-state index contributed by atoms with van der Waals surface area (Å²) in [7, 11) is 2.27. The standard InChI is InChI=1S/C87H72BN3/c1-86(2,3)68-48-44-65(45-49-68)77-51-50-69(87(4,5)6)56-82(77)89(7)72-57-83-85-84(58-72)91(71-30-18-11-19-31-71)81-53-47-67(76-35-23-21-33-74(76)64-42-38-62(39-43-64)60-26-14-9-15-27-60)55-79(81)88(85)78-54-66(46-52-80(78)90(83)70-28-16-10-17-29-70)75-34-22-20-32-73(75)63-40-36-61(37-41-63)59-24-12-8-13-25-59/h8-58H,1-7H3. The largest absolute Gasteiger partial charge is 0.344 e. The van der Waals surface area contributed by atoms with Gasteiger partial charge in [-0.1, -0.05) is 296 Å². The molecule has 0 atom stereocenters. The van der Waals surface area contributed by atoms with Crippen molar-refractivity contribution in [1.82, 2.24) is 0 Å². The molecule has 438 valence electrons. The number of nitrogens with zero attached hydrogens (tertiary/aromatic N) is 3. The average molecular weight is 1170 g/mol. The van der Waals surface area contributed by atoms with Crippen LogP contribution in [0.3, 0.4) is 0 Å². The Morgan fingerprint density at radius 3 is 1.02 bits per heavy atom. The lowest BCUT2D eigenvalue weighted by molar-refractivity contribution is 0.590. The normalized spacial score (nSPS) is 12.5. The number of fused-ring (bicyclic) bond motifs is 4. The number of hydrogen-bond donors (Lipinski definition) is 0. The molecule has 2 aliphatic rings. The van der Waals surface area contributed by atoms with Crippen LogP contribution in [0.5, 0.6) is 0 Å². The predicted octanol–water partition coefficient (Wildman–Crippen LogP) is 21.8. The first-order valence-electron chi connectivity index (χ1n) is 32.0. The van der Waals surface area contributed by atoms with Crippen molar-refractivity contribution in [3.05, 3.63) is 321 Å². The second-order valence-electron chi connectivity index (χ2n) is 26.6. The molecule has 3 nitrogen and oxygen atoms in total. The highest BCUT2D eigenvalue weighted by Gasteiger charge is 2.44. The molecule has 0 unspecified atom stereocenters. The summed E-state index contributed by atoms with van der Waals surface area (Å²) in [6, 6.07) is 115. The molecular formula is C87H72BN3. The van der Waals surface area contributed by atoms with Gasteiger partial charge in [0.2, 0.25) is 0 Å². The van der Waals surface area contributed by atoms with Gasteiger partial charge in [0.15, 0.2) is 0 Å². The third-order valence-corrected chi connectivity index (χ3v) is 18.8. The quantitative estimate of drug-likeness (QED) is 0.120. The summed E-state index contributed by atoms with van der Waals surface area (Å²) in [4.78, 5) is 7.54. The fraction of sp³-hybridized carbons (Fsp3) is 0.103. The van der Waals surface area contributed by atoms with E-state index < -0.39 is 0 Å². The van der Waals surface area contributed by atoms with E-state index in [4.69, 9.17) is 0 Å². The van der Waals surface area contributed by atoms with Gasteiger partial charge in [-0.2, -0.15) is 0 Å². The molecule has 13 aromatic rings. The predicted molar refractivity (Wildman–Crippen MR) is 390 cm³/mol. The summed E-state index contributed by atoms with van der Waals surface area (Å²) in [6.07, 6.45) is 0. The minimum Gasteiger partial charge on any atom is -0.344 e. The minimum atomic E-state index is -0.176. The summed E-state index contributed by atoms with van der Waals surface area (Å²) >= 11 is 0. The first-order valence-corrected chi connectivity index (χ1v) is 32.0. The minimum absolute atomic E-state index is 0.0347. The van der Waals surface area contributed by atoms with Gasteiger partial charge in [-0.3, -0.25) is 0 Å². The van der Waals surface area contributed by atoms with E-state index in [1.807, 2.05) is 0 Å². The van der Waals surface area contributed by atoms with E-state index in [1.165, 1.54) is 105 Å². The van der Waals surface area contributed by atoms with E-state index in [0.29, 0.717) is 0 Å². The lowest BCUT2D eigenvalue weighted by atomic mass is 9.33. The smallest absolute Gasteiger partial charge is 0.252 e. The molecule has 91 heavy (non-hydrogen) atoms. The number of rotatable bonds is 11. The van der Waals surface area contributed by atoms with Crippen LogP contribution < -0.4 is 31.1 Å². The van der Waals surface area contributed by atoms with Crippen LogP contribution in [0.15, 0.2) is 309 Å². The summed E-state index contributed by atoms with van der Waals surface area (Å²) in [6.45, 7) is 13.6. The van der Waals surface area contributed by atoms with Gasteiger partial charge in [0, 0.05) is 58.1 Å². The molecule has 15 rings (SSSR count). The summed E-state index contributed by atoms with van der Waals surface area (Å²) in [5.74, 6) is 0. The fourth-order valence-electron chi connectivity index (χ4n) is 14.0. The zero-order valence-corrected chi connectivity index (χ0v) is 52.9. The third-order valence-electron chi connectivity index (χ3n) is 18.8. The van der Waals surface area contributed by atoms with Crippen LogP contribution >= 0.6 is 0 Å². The Kier molecular flexibility index (Phi) is 14.4. The highest BCUT2D eigenvalue weighted by molar-refractivity contribution is 7.00. The molecule has 0 aliphatic carbocycles. The van der Waals surface area contributed by atoms with E-state index in [9.17, 15) is 0 Å². The van der Waals surface area contributed by atoms with Crippen molar-refractivity contribution in [2.24, 2.45) is 0 Å². The van der Waals surface area contributed by atoms with Crippen molar-refractivity contribution in [2.75, 3.05) is 21.7 Å². The summed E-state index contributed by atoms with van der Waals surface area (Å²) in [5.41, 5.74) is 32.0. The Balaban J connectivity index is 0.968. The topological polar surface area (TPSA) is 9.72 Å². The summed E-state index contributed by atoms with van der Waals surface area (Å²) < 4.78 is 0. The zero-order valence-electron chi connectivity index (χ0n) is 52.9. The lowest BCUT2D eigenvalue weighted by Gasteiger charge is -2.45. The Bertz CT molecular complexity index is 4570. The first-order chi connectivity index (χ1) is 44.3. The maximum atomic E-state index is 2.55. The zero-order chi connectivity index (χ0) is 62.0. The Morgan fingerprint density at radius 1 is 0.275 bits per heavy atom. The van der Waals surface area contributed by atoms with Crippen LogP contribution in [0.2, 0.25) is 0 Å². The van der Waals surface area contributed by atoms with Crippen LogP contribution in [0, 0.1) is 0 Å². The van der Waals surface area contributed by atoms with Crippen molar-refractivity contribution >= 4 is 68.6 Å². The molecule has 0 amide bonds. The van der Waals surface area contributed by atoms with E-state index in [0.717, 1.165) is 45.5 Å². The molecule has 0 N–H and O–H groups in total. The van der Waals surface area contributed by atoms with Crippen LogP contribution in [0.25, 0.3) is 77.9 Å². The molecule has 0 saturated carbocycles. The van der Waals surface area contributed by atoms with Gasteiger partial charge in [0.05, 0.1) is 0 Å². The van der Waals surface area contributed by atoms with Crippen LogP contribution in [0.4, 0.5) is 45.5 Å². The number of benzene rings is 13. The van der Waals surface area contributed by atoms with Gasteiger partial charge in [0.25, 0.3) is 6.71 Å². The van der Waals surface area contributed by atoms with Crippen molar-refractivity contribution in [3.63, 3.8) is 0 Å². The Hall–Kier alpha value is -10.7. The molecule has 0 spiro atoms. The van der Waals surface area contributed by atoms with Gasteiger partial charge >= 0.3 is 0 Å². The average Bonchev–Trinajstić information content (AvgIpc) is 0.698. The van der Waals surface area contributed by atoms with Gasteiger partial charge < -0.3 is 14.7 Å². The monoisotopic (exact) mass is 1170 g/mol. The van der Waals surface area contributed by atoms with Crippen molar-refractivity contribution in [3.8, 4) is 77.9 Å².